The smallest absolute Gasteiger partial charge is 0.416 e. The molecule has 1 heterocycles. The van der Waals surface area contributed by atoms with Gasteiger partial charge in [-0.05, 0) is 61.7 Å². The van der Waals surface area contributed by atoms with Crippen molar-refractivity contribution in [2.75, 3.05) is 33.3 Å². The Hall–Kier alpha value is -2.74. The number of carbonyl (C=O) groups is 2. The number of alkyl halides is 3. The van der Waals surface area contributed by atoms with Gasteiger partial charge in [0, 0.05) is 43.2 Å². The molecule has 2 aromatic rings. The number of rotatable bonds is 7. The molecule has 0 spiro atoms. The number of hydrogen-bond donors (Lipinski definition) is 0. The molecule has 2 aromatic carbocycles. The zero-order chi connectivity index (χ0) is 24.0. The molecule has 0 unspecified atom stereocenters. The predicted molar refractivity (Wildman–Crippen MR) is 119 cm³/mol. The SMILES string of the molecule is CN(CCCOc1cccc(Cl)c1)C(=O)C1CCN(C(=O)c2ccc(C(F)(F)F)cc2)CC1. The van der Waals surface area contributed by atoms with Crippen LogP contribution in [0.5, 0.6) is 5.75 Å². The fraction of sp³-hybridized carbons (Fsp3) is 0.417. The molecule has 9 heteroatoms. The van der Waals surface area contributed by atoms with Crippen LogP contribution in [-0.2, 0) is 11.0 Å². The first-order chi connectivity index (χ1) is 15.6. The van der Waals surface area contributed by atoms with Crippen molar-refractivity contribution in [1.82, 2.24) is 9.80 Å². The van der Waals surface area contributed by atoms with Crippen LogP contribution >= 0.6 is 11.6 Å². The van der Waals surface area contributed by atoms with Crippen molar-refractivity contribution in [3.05, 3.63) is 64.7 Å². The Morgan fingerprint density at radius 3 is 2.39 bits per heavy atom. The number of hydrogen-bond acceptors (Lipinski definition) is 3. The average molecular weight is 483 g/mol. The molecule has 3 rings (SSSR count). The summed E-state index contributed by atoms with van der Waals surface area (Å²) in [6, 6.07) is 11.3. The molecule has 0 aromatic heterocycles. The summed E-state index contributed by atoms with van der Waals surface area (Å²) in [4.78, 5) is 28.6. The van der Waals surface area contributed by atoms with Crippen molar-refractivity contribution in [3.63, 3.8) is 0 Å². The molecule has 5 nitrogen and oxygen atoms in total. The first kappa shape index (κ1) is 24.9. The van der Waals surface area contributed by atoms with Crippen molar-refractivity contribution in [3.8, 4) is 5.75 Å². The highest BCUT2D eigenvalue weighted by atomic mass is 35.5. The van der Waals surface area contributed by atoms with E-state index >= 15 is 0 Å². The van der Waals surface area contributed by atoms with Gasteiger partial charge in [-0.25, -0.2) is 0 Å². The number of likely N-dealkylation sites (tertiary alicyclic amines) is 1. The molecule has 1 saturated heterocycles. The van der Waals surface area contributed by atoms with Gasteiger partial charge < -0.3 is 14.5 Å². The lowest BCUT2D eigenvalue weighted by Crippen LogP contribution is -2.43. The third-order valence-corrected chi connectivity index (χ3v) is 5.90. The number of ether oxygens (including phenoxy) is 1. The Balaban J connectivity index is 1.41. The van der Waals surface area contributed by atoms with Gasteiger partial charge in [-0.1, -0.05) is 17.7 Å². The number of halogens is 4. The van der Waals surface area contributed by atoms with E-state index < -0.39 is 11.7 Å². The van der Waals surface area contributed by atoms with E-state index in [1.807, 2.05) is 12.1 Å². The second kappa shape index (κ2) is 10.9. The van der Waals surface area contributed by atoms with E-state index in [2.05, 4.69) is 0 Å². The molecular formula is C24H26ClF3N2O3. The van der Waals surface area contributed by atoms with Crippen LogP contribution in [0.2, 0.25) is 5.02 Å². The molecular weight excluding hydrogens is 457 g/mol. The summed E-state index contributed by atoms with van der Waals surface area (Å²) in [6.45, 7) is 1.78. The molecule has 0 atom stereocenters. The highest BCUT2D eigenvalue weighted by Crippen LogP contribution is 2.29. The summed E-state index contributed by atoms with van der Waals surface area (Å²) in [6.07, 6.45) is -2.73. The lowest BCUT2D eigenvalue weighted by Gasteiger charge is -2.33. The molecule has 1 aliphatic rings. The number of carbonyl (C=O) groups excluding carboxylic acids is 2. The molecule has 33 heavy (non-hydrogen) atoms. The summed E-state index contributed by atoms with van der Waals surface area (Å²) in [5.74, 6) is 0.211. The zero-order valence-electron chi connectivity index (χ0n) is 18.3. The fourth-order valence-corrected chi connectivity index (χ4v) is 3.96. The number of amides is 2. The summed E-state index contributed by atoms with van der Waals surface area (Å²) >= 11 is 5.92. The molecule has 0 aliphatic carbocycles. The van der Waals surface area contributed by atoms with Gasteiger partial charge >= 0.3 is 6.18 Å². The van der Waals surface area contributed by atoms with Gasteiger partial charge in [0.15, 0.2) is 0 Å². The minimum absolute atomic E-state index is 0.0272. The topological polar surface area (TPSA) is 49.9 Å². The Kier molecular flexibility index (Phi) is 8.24. The second-order valence-corrected chi connectivity index (χ2v) is 8.50. The number of nitrogens with zero attached hydrogens (tertiary/aromatic N) is 2. The number of benzene rings is 2. The van der Waals surface area contributed by atoms with Gasteiger partial charge in [0.05, 0.1) is 12.2 Å². The largest absolute Gasteiger partial charge is 0.493 e. The Morgan fingerprint density at radius 1 is 1.12 bits per heavy atom. The van der Waals surface area contributed by atoms with Gasteiger partial charge in [-0.2, -0.15) is 13.2 Å². The van der Waals surface area contributed by atoms with Crippen LogP contribution in [0.15, 0.2) is 48.5 Å². The zero-order valence-corrected chi connectivity index (χ0v) is 19.0. The molecule has 1 fully saturated rings. The average Bonchev–Trinajstić information content (AvgIpc) is 2.80. The Bertz CT molecular complexity index is 958. The van der Waals surface area contributed by atoms with Gasteiger partial charge in [0.1, 0.15) is 5.75 Å². The van der Waals surface area contributed by atoms with Crippen LogP contribution in [0, 0.1) is 5.92 Å². The quantitative estimate of drug-likeness (QED) is 0.513. The van der Waals surface area contributed by atoms with Gasteiger partial charge in [-0.15, -0.1) is 0 Å². The van der Waals surface area contributed by atoms with Crippen molar-refractivity contribution in [1.29, 1.82) is 0 Å². The standard InChI is InChI=1S/C24H26ClF3N2O3/c1-29(12-3-15-33-21-5-2-4-20(25)16-21)22(31)18-10-13-30(14-11-18)23(32)17-6-8-19(9-7-17)24(26,27)28/h2,4-9,16,18H,3,10-15H2,1H3. The summed E-state index contributed by atoms with van der Waals surface area (Å²) in [5.41, 5.74) is -0.575. The second-order valence-electron chi connectivity index (χ2n) is 8.06. The van der Waals surface area contributed by atoms with Crippen molar-refractivity contribution in [2.45, 2.75) is 25.4 Å². The molecule has 2 amide bonds. The van der Waals surface area contributed by atoms with E-state index in [-0.39, 0.29) is 23.3 Å². The highest BCUT2D eigenvalue weighted by Gasteiger charge is 2.32. The summed E-state index contributed by atoms with van der Waals surface area (Å²) in [7, 11) is 1.75. The van der Waals surface area contributed by atoms with E-state index in [1.165, 1.54) is 12.1 Å². The van der Waals surface area contributed by atoms with Crippen molar-refractivity contribution >= 4 is 23.4 Å². The maximum absolute atomic E-state index is 12.7. The molecule has 0 radical (unpaired) electrons. The van der Waals surface area contributed by atoms with Crippen LogP contribution in [-0.4, -0.2) is 54.9 Å². The van der Waals surface area contributed by atoms with Gasteiger partial charge in [0.25, 0.3) is 5.91 Å². The van der Waals surface area contributed by atoms with Crippen molar-refractivity contribution < 1.29 is 27.5 Å². The minimum Gasteiger partial charge on any atom is -0.493 e. The molecule has 178 valence electrons. The van der Waals surface area contributed by atoms with E-state index in [4.69, 9.17) is 16.3 Å². The first-order valence-corrected chi connectivity index (χ1v) is 11.1. The molecule has 0 N–H and O–H groups in total. The monoisotopic (exact) mass is 482 g/mol. The van der Waals surface area contributed by atoms with E-state index in [0.717, 1.165) is 12.1 Å². The lowest BCUT2D eigenvalue weighted by molar-refractivity contribution is -0.137. The highest BCUT2D eigenvalue weighted by molar-refractivity contribution is 6.30. The van der Waals surface area contributed by atoms with Crippen LogP contribution < -0.4 is 4.74 Å². The van der Waals surface area contributed by atoms with Gasteiger partial charge in [-0.3, -0.25) is 9.59 Å². The third kappa shape index (κ3) is 6.87. The lowest BCUT2D eigenvalue weighted by atomic mass is 9.94. The van der Waals surface area contributed by atoms with E-state index in [9.17, 15) is 22.8 Å². The summed E-state index contributed by atoms with van der Waals surface area (Å²) < 4.78 is 43.8. The van der Waals surface area contributed by atoms with Crippen molar-refractivity contribution in [2.24, 2.45) is 5.92 Å². The predicted octanol–water partition coefficient (Wildman–Crippen LogP) is 5.14. The Morgan fingerprint density at radius 2 is 1.79 bits per heavy atom. The molecule has 0 bridgehead atoms. The fourth-order valence-electron chi connectivity index (χ4n) is 3.78. The first-order valence-electron chi connectivity index (χ1n) is 10.7. The molecule has 1 aliphatic heterocycles. The molecule has 0 saturated carbocycles. The van der Waals surface area contributed by atoms with E-state index in [1.54, 1.807) is 29.0 Å². The van der Waals surface area contributed by atoms with Crippen LogP contribution in [0.25, 0.3) is 0 Å². The minimum atomic E-state index is -4.44. The van der Waals surface area contributed by atoms with Crippen LogP contribution in [0.3, 0.4) is 0 Å². The van der Waals surface area contributed by atoms with E-state index in [0.29, 0.717) is 56.3 Å². The maximum Gasteiger partial charge on any atom is 0.416 e. The normalized spacial score (nSPS) is 14.8. The van der Waals surface area contributed by atoms with Crippen LogP contribution in [0.1, 0.15) is 35.2 Å². The van der Waals surface area contributed by atoms with Gasteiger partial charge in [0.2, 0.25) is 5.91 Å². The third-order valence-electron chi connectivity index (χ3n) is 5.67. The van der Waals surface area contributed by atoms with Crippen LogP contribution in [0.4, 0.5) is 13.2 Å². The maximum atomic E-state index is 12.7. The number of piperidine rings is 1. The summed E-state index contributed by atoms with van der Waals surface area (Å²) in [5, 5.41) is 0.600. The Labute approximate surface area is 196 Å².